The van der Waals surface area contributed by atoms with Gasteiger partial charge in [-0.3, -0.25) is 0 Å². The molecule has 0 aromatic heterocycles. The molecule has 2 heteroatoms. The highest BCUT2D eigenvalue weighted by molar-refractivity contribution is 4.78. The zero-order valence-corrected chi connectivity index (χ0v) is 11.8. The van der Waals surface area contributed by atoms with Crippen molar-refractivity contribution in [3.05, 3.63) is 0 Å². The van der Waals surface area contributed by atoms with E-state index < -0.39 is 0 Å². The maximum Gasteiger partial charge on any atom is 0.00947 e. The molecule has 1 heterocycles. The molecule has 0 amide bonds. The van der Waals surface area contributed by atoms with Crippen LogP contribution in [-0.4, -0.2) is 37.6 Å². The van der Waals surface area contributed by atoms with Gasteiger partial charge in [0.2, 0.25) is 0 Å². The summed E-state index contributed by atoms with van der Waals surface area (Å²) in [6.45, 7) is 6.23. The fraction of sp³-hybridized carbons (Fsp3) is 1.00. The van der Waals surface area contributed by atoms with Gasteiger partial charge >= 0.3 is 0 Å². The first kappa shape index (κ1) is 13.4. The molecule has 100 valence electrons. The Morgan fingerprint density at radius 3 is 2.59 bits per heavy atom. The molecule has 1 saturated carbocycles. The van der Waals surface area contributed by atoms with E-state index in [1.807, 2.05) is 0 Å². The molecule has 2 unspecified atom stereocenters. The Kier molecular flexibility index (Phi) is 5.30. The van der Waals surface area contributed by atoms with Crippen LogP contribution in [0.2, 0.25) is 0 Å². The minimum Gasteiger partial charge on any atom is -0.317 e. The number of rotatable bonds is 4. The Hall–Kier alpha value is -0.0800. The van der Waals surface area contributed by atoms with Crippen molar-refractivity contribution in [2.75, 3.05) is 26.7 Å². The van der Waals surface area contributed by atoms with Crippen LogP contribution in [0.25, 0.3) is 0 Å². The molecule has 1 aliphatic carbocycles. The number of nitrogens with one attached hydrogen (secondary N) is 1. The third-order valence-electron chi connectivity index (χ3n) is 4.88. The maximum absolute atomic E-state index is 3.46. The molecule has 1 N–H and O–H groups in total. The Balaban J connectivity index is 1.67. The van der Waals surface area contributed by atoms with E-state index in [9.17, 15) is 0 Å². The molecule has 1 saturated heterocycles. The molecule has 0 aromatic carbocycles. The van der Waals surface area contributed by atoms with Crippen LogP contribution in [0.15, 0.2) is 0 Å². The standard InChI is InChI=1S/C15H30N2/c1-13-4-3-5-15(12-13)17(2)11-8-14-6-9-16-10-7-14/h13-16H,3-12H2,1-2H3. The van der Waals surface area contributed by atoms with Crippen molar-refractivity contribution in [1.82, 2.24) is 10.2 Å². The van der Waals surface area contributed by atoms with E-state index in [0.717, 1.165) is 17.9 Å². The van der Waals surface area contributed by atoms with Gasteiger partial charge in [0.1, 0.15) is 0 Å². The van der Waals surface area contributed by atoms with Crippen LogP contribution in [0.1, 0.15) is 51.9 Å². The zero-order valence-electron chi connectivity index (χ0n) is 11.8. The smallest absolute Gasteiger partial charge is 0.00947 e. The summed E-state index contributed by atoms with van der Waals surface area (Å²) in [6, 6.07) is 0.875. The van der Waals surface area contributed by atoms with Crippen molar-refractivity contribution in [3.8, 4) is 0 Å². The first-order chi connectivity index (χ1) is 8.25. The fourth-order valence-electron chi connectivity index (χ4n) is 3.54. The quantitative estimate of drug-likeness (QED) is 0.810. The first-order valence-corrected chi connectivity index (χ1v) is 7.66. The van der Waals surface area contributed by atoms with E-state index in [4.69, 9.17) is 0 Å². The van der Waals surface area contributed by atoms with Crippen molar-refractivity contribution in [2.24, 2.45) is 11.8 Å². The average molecular weight is 238 g/mol. The van der Waals surface area contributed by atoms with E-state index in [1.165, 1.54) is 64.6 Å². The second kappa shape index (κ2) is 6.75. The second-order valence-corrected chi connectivity index (χ2v) is 6.39. The highest BCUT2D eigenvalue weighted by Crippen LogP contribution is 2.27. The molecule has 2 aliphatic rings. The lowest BCUT2D eigenvalue weighted by molar-refractivity contribution is 0.151. The monoisotopic (exact) mass is 238 g/mol. The maximum atomic E-state index is 3.46. The lowest BCUT2D eigenvalue weighted by Gasteiger charge is -2.35. The second-order valence-electron chi connectivity index (χ2n) is 6.39. The largest absolute Gasteiger partial charge is 0.317 e. The summed E-state index contributed by atoms with van der Waals surface area (Å²) in [5, 5.41) is 3.46. The third kappa shape index (κ3) is 4.26. The molecule has 2 rings (SSSR count). The Morgan fingerprint density at radius 2 is 1.88 bits per heavy atom. The number of hydrogen-bond acceptors (Lipinski definition) is 2. The lowest BCUT2D eigenvalue weighted by atomic mass is 9.86. The minimum atomic E-state index is 0.875. The van der Waals surface area contributed by atoms with Crippen LogP contribution in [-0.2, 0) is 0 Å². The minimum absolute atomic E-state index is 0.875. The van der Waals surface area contributed by atoms with Crippen LogP contribution in [0.3, 0.4) is 0 Å². The summed E-state index contributed by atoms with van der Waals surface area (Å²) in [5.74, 6) is 1.94. The summed E-state index contributed by atoms with van der Waals surface area (Å²) < 4.78 is 0. The van der Waals surface area contributed by atoms with Gasteiger partial charge in [-0.1, -0.05) is 19.8 Å². The van der Waals surface area contributed by atoms with Crippen molar-refractivity contribution < 1.29 is 0 Å². The van der Waals surface area contributed by atoms with E-state index in [-0.39, 0.29) is 0 Å². The van der Waals surface area contributed by atoms with E-state index in [1.54, 1.807) is 0 Å². The van der Waals surface area contributed by atoms with Gasteiger partial charge in [0.05, 0.1) is 0 Å². The zero-order chi connectivity index (χ0) is 12.1. The summed E-state index contributed by atoms with van der Waals surface area (Å²) in [7, 11) is 2.35. The molecule has 2 fully saturated rings. The van der Waals surface area contributed by atoms with Gasteiger partial charge < -0.3 is 10.2 Å². The molecular weight excluding hydrogens is 208 g/mol. The van der Waals surface area contributed by atoms with E-state index >= 15 is 0 Å². The SMILES string of the molecule is CC1CCCC(N(C)CCC2CCNCC2)C1. The normalized spacial score (nSPS) is 31.9. The molecule has 17 heavy (non-hydrogen) atoms. The van der Waals surface area contributed by atoms with Crippen molar-refractivity contribution >= 4 is 0 Å². The highest BCUT2D eigenvalue weighted by Gasteiger charge is 2.23. The molecule has 1 aliphatic heterocycles. The number of hydrogen-bond donors (Lipinski definition) is 1. The Labute approximate surface area is 107 Å². The Bertz CT molecular complexity index is 211. The predicted octanol–water partition coefficient (Wildman–Crippen LogP) is 2.89. The molecule has 0 bridgehead atoms. The van der Waals surface area contributed by atoms with Gasteiger partial charge in [0, 0.05) is 6.04 Å². The van der Waals surface area contributed by atoms with Crippen LogP contribution >= 0.6 is 0 Å². The molecule has 0 spiro atoms. The average Bonchev–Trinajstić information content (AvgIpc) is 2.37. The van der Waals surface area contributed by atoms with Crippen LogP contribution in [0.4, 0.5) is 0 Å². The van der Waals surface area contributed by atoms with Gasteiger partial charge in [0.15, 0.2) is 0 Å². The van der Waals surface area contributed by atoms with Crippen molar-refractivity contribution in [2.45, 2.75) is 57.9 Å². The van der Waals surface area contributed by atoms with Crippen LogP contribution < -0.4 is 5.32 Å². The molecule has 2 nitrogen and oxygen atoms in total. The highest BCUT2D eigenvalue weighted by atomic mass is 15.1. The number of nitrogens with zero attached hydrogens (tertiary/aromatic N) is 1. The first-order valence-electron chi connectivity index (χ1n) is 7.66. The van der Waals surface area contributed by atoms with Gasteiger partial charge in [-0.25, -0.2) is 0 Å². The van der Waals surface area contributed by atoms with Crippen LogP contribution in [0, 0.1) is 11.8 Å². The van der Waals surface area contributed by atoms with E-state index in [0.29, 0.717) is 0 Å². The van der Waals surface area contributed by atoms with Gasteiger partial charge in [-0.15, -0.1) is 0 Å². The lowest BCUT2D eigenvalue weighted by Crippen LogP contribution is -2.37. The summed E-state index contributed by atoms with van der Waals surface area (Å²) >= 11 is 0. The third-order valence-corrected chi connectivity index (χ3v) is 4.88. The van der Waals surface area contributed by atoms with Gasteiger partial charge in [0.25, 0.3) is 0 Å². The summed E-state index contributed by atoms with van der Waals surface area (Å²) in [4.78, 5) is 2.65. The number of piperidine rings is 1. The Morgan fingerprint density at radius 1 is 1.12 bits per heavy atom. The molecule has 0 radical (unpaired) electrons. The van der Waals surface area contributed by atoms with Gasteiger partial charge in [-0.2, -0.15) is 0 Å². The fourth-order valence-corrected chi connectivity index (χ4v) is 3.54. The summed E-state index contributed by atoms with van der Waals surface area (Å²) in [5.41, 5.74) is 0. The van der Waals surface area contributed by atoms with Gasteiger partial charge in [-0.05, 0) is 70.6 Å². The molecule has 0 aromatic rings. The predicted molar refractivity (Wildman–Crippen MR) is 74.3 cm³/mol. The molecular formula is C15H30N2. The summed E-state index contributed by atoms with van der Waals surface area (Å²) in [6.07, 6.45) is 9.99. The van der Waals surface area contributed by atoms with Crippen molar-refractivity contribution in [3.63, 3.8) is 0 Å². The van der Waals surface area contributed by atoms with Crippen LogP contribution in [0.5, 0.6) is 0 Å². The molecule has 2 atom stereocenters. The topological polar surface area (TPSA) is 15.3 Å². The van der Waals surface area contributed by atoms with Crippen molar-refractivity contribution in [1.29, 1.82) is 0 Å². The van der Waals surface area contributed by atoms with E-state index in [2.05, 4.69) is 24.2 Å².